The van der Waals surface area contributed by atoms with Crippen molar-refractivity contribution in [2.45, 2.75) is 44.7 Å². The molecule has 1 heterocycles. The first-order chi connectivity index (χ1) is 17.5. The fourth-order valence-corrected chi connectivity index (χ4v) is 4.64. The number of aliphatic imine (C=N–C) groups is 1. The van der Waals surface area contributed by atoms with Crippen molar-refractivity contribution in [2.75, 3.05) is 19.0 Å². The molecule has 1 amide bonds. The summed E-state index contributed by atoms with van der Waals surface area (Å²) in [6.07, 6.45) is 7.45. The highest BCUT2D eigenvalue weighted by molar-refractivity contribution is 6.32. The van der Waals surface area contributed by atoms with E-state index in [-0.39, 0.29) is 18.6 Å². The molecule has 0 bridgehead atoms. The van der Waals surface area contributed by atoms with Gasteiger partial charge < -0.3 is 30.8 Å². The highest BCUT2D eigenvalue weighted by Gasteiger charge is 2.17. The van der Waals surface area contributed by atoms with Crippen LogP contribution in [0.5, 0.6) is 11.5 Å². The molecular formula is C27H32ClN5O3. The Morgan fingerprint density at radius 2 is 2.00 bits per heavy atom. The van der Waals surface area contributed by atoms with Gasteiger partial charge in [0.15, 0.2) is 0 Å². The standard InChI is InChI=1S/C27H32ClN5O3/c1-30-23-12-13-33(14-15-34)25(23)26(29)31-20-10-11-24(22(28)17-20)36-21-9-5-6-18(16-21)27(35)32-19-7-3-2-4-8-19/h5-6,9-13,16-17,19,30,34H,2-4,7-8,14-15H2,1H3,(H2,29,31)(H,32,35). The Bertz CT molecular complexity index is 1230. The number of halogens is 1. The van der Waals surface area contributed by atoms with E-state index in [1.54, 1.807) is 49.5 Å². The summed E-state index contributed by atoms with van der Waals surface area (Å²) >= 11 is 6.49. The van der Waals surface area contributed by atoms with Gasteiger partial charge in [0.25, 0.3) is 5.91 Å². The summed E-state index contributed by atoms with van der Waals surface area (Å²) in [6, 6.07) is 14.3. The summed E-state index contributed by atoms with van der Waals surface area (Å²) < 4.78 is 7.81. The molecule has 0 aliphatic heterocycles. The average molecular weight is 510 g/mol. The van der Waals surface area contributed by atoms with Crippen LogP contribution in [0.1, 0.15) is 48.2 Å². The van der Waals surface area contributed by atoms with Crippen molar-refractivity contribution in [1.29, 1.82) is 0 Å². The average Bonchev–Trinajstić information content (AvgIpc) is 3.29. The molecule has 3 aromatic rings. The van der Waals surface area contributed by atoms with E-state index in [9.17, 15) is 9.90 Å². The lowest BCUT2D eigenvalue weighted by Gasteiger charge is -2.22. The number of carbonyl (C=O) groups is 1. The molecule has 1 fully saturated rings. The van der Waals surface area contributed by atoms with Gasteiger partial charge in [-0.05, 0) is 55.3 Å². The monoisotopic (exact) mass is 509 g/mol. The van der Waals surface area contributed by atoms with E-state index in [1.807, 2.05) is 16.8 Å². The largest absolute Gasteiger partial charge is 0.456 e. The molecule has 36 heavy (non-hydrogen) atoms. The lowest BCUT2D eigenvalue weighted by Crippen LogP contribution is -2.36. The number of hydrogen-bond acceptors (Lipinski definition) is 5. The lowest BCUT2D eigenvalue weighted by atomic mass is 9.95. The van der Waals surface area contributed by atoms with Crippen LogP contribution in [0.2, 0.25) is 5.02 Å². The maximum Gasteiger partial charge on any atom is 0.251 e. The number of carbonyl (C=O) groups excluding carboxylic acids is 1. The number of nitrogens with zero attached hydrogens (tertiary/aromatic N) is 2. The highest BCUT2D eigenvalue weighted by atomic mass is 35.5. The van der Waals surface area contributed by atoms with E-state index in [4.69, 9.17) is 22.1 Å². The Labute approximate surface area is 216 Å². The number of amides is 1. The summed E-state index contributed by atoms with van der Waals surface area (Å²) in [7, 11) is 1.80. The zero-order chi connectivity index (χ0) is 25.5. The van der Waals surface area contributed by atoms with Gasteiger partial charge in [0.1, 0.15) is 23.0 Å². The first-order valence-electron chi connectivity index (χ1n) is 12.2. The number of nitrogens with one attached hydrogen (secondary N) is 2. The summed E-state index contributed by atoms with van der Waals surface area (Å²) in [4.78, 5) is 17.2. The van der Waals surface area contributed by atoms with Crippen LogP contribution in [-0.4, -0.2) is 41.1 Å². The molecular weight excluding hydrogens is 478 g/mol. The van der Waals surface area contributed by atoms with Crippen LogP contribution in [-0.2, 0) is 6.54 Å². The fourth-order valence-electron chi connectivity index (χ4n) is 4.43. The van der Waals surface area contributed by atoms with Gasteiger partial charge in [-0.15, -0.1) is 0 Å². The van der Waals surface area contributed by atoms with Gasteiger partial charge >= 0.3 is 0 Å². The number of nitrogens with two attached hydrogens (primary N) is 1. The Hall–Kier alpha value is -3.49. The second kappa shape index (κ2) is 12.0. The molecule has 0 spiro atoms. The summed E-state index contributed by atoms with van der Waals surface area (Å²) in [5, 5.41) is 15.9. The van der Waals surface area contributed by atoms with E-state index in [0.717, 1.165) is 31.4 Å². The smallest absolute Gasteiger partial charge is 0.251 e. The van der Waals surface area contributed by atoms with E-state index >= 15 is 0 Å². The maximum atomic E-state index is 12.7. The Morgan fingerprint density at radius 1 is 1.19 bits per heavy atom. The van der Waals surface area contributed by atoms with Crippen LogP contribution in [0.4, 0.5) is 11.4 Å². The minimum atomic E-state index is -0.0921. The molecule has 1 aliphatic rings. The molecule has 4 rings (SSSR count). The molecule has 2 aromatic carbocycles. The van der Waals surface area contributed by atoms with Gasteiger partial charge in [-0.3, -0.25) is 4.79 Å². The second-order valence-corrected chi connectivity index (χ2v) is 9.20. The van der Waals surface area contributed by atoms with Crippen molar-refractivity contribution in [3.63, 3.8) is 0 Å². The quantitative estimate of drug-likeness (QED) is 0.237. The minimum absolute atomic E-state index is 0.0145. The van der Waals surface area contributed by atoms with Gasteiger partial charge in [0.05, 0.1) is 23.0 Å². The fraction of sp³-hybridized carbons (Fsp3) is 0.333. The normalized spacial score (nSPS) is 14.5. The van der Waals surface area contributed by atoms with Crippen molar-refractivity contribution in [3.05, 3.63) is 71.0 Å². The van der Waals surface area contributed by atoms with Crippen LogP contribution in [0.3, 0.4) is 0 Å². The summed E-state index contributed by atoms with van der Waals surface area (Å²) in [5.74, 6) is 1.16. The first-order valence-corrected chi connectivity index (χ1v) is 12.6. The molecule has 8 nitrogen and oxygen atoms in total. The molecule has 0 saturated heterocycles. The SMILES string of the molecule is CNc1ccn(CCO)c1C(N)=Nc1ccc(Oc2cccc(C(=O)NC3CCCCC3)c2)c(Cl)c1. The predicted molar refractivity (Wildman–Crippen MR) is 144 cm³/mol. The minimum Gasteiger partial charge on any atom is -0.456 e. The number of rotatable bonds is 9. The molecule has 5 N–H and O–H groups in total. The van der Waals surface area contributed by atoms with E-state index in [2.05, 4.69) is 15.6 Å². The molecule has 0 unspecified atom stereocenters. The Balaban J connectivity index is 1.48. The number of aliphatic hydroxyl groups excluding tert-OH is 1. The third-order valence-corrected chi connectivity index (χ3v) is 6.54. The third-order valence-electron chi connectivity index (χ3n) is 6.25. The summed E-state index contributed by atoms with van der Waals surface area (Å²) in [6.45, 7) is 0.387. The van der Waals surface area contributed by atoms with Gasteiger partial charge in [-0.2, -0.15) is 0 Å². The van der Waals surface area contributed by atoms with Gasteiger partial charge in [-0.1, -0.05) is 36.9 Å². The van der Waals surface area contributed by atoms with E-state index in [0.29, 0.717) is 45.8 Å². The van der Waals surface area contributed by atoms with Gasteiger partial charge in [0.2, 0.25) is 0 Å². The Morgan fingerprint density at radius 3 is 2.72 bits per heavy atom. The number of benzene rings is 2. The number of amidine groups is 1. The molecule has 9 heteroatoms. The predicted octanol–water partition coefficient (Wildman–Crippen LogP) is 5.07. The number of anilines is 1. The molecule has 0 atom stereocenters. The second-order valence-electron chi connectivity index (χ2n) is 8.80. The van der Waals surface area contributed by atoms with Crippen molar-refractivity contribution >= 4 is 34.7 Å². The molecule has 1 aromatic heterocycles. The van der Waals surface area contributed by atoms with Crippen LogP contribution >= 0.6 is 11.6 Å². The van der Waals surface area contributed by atoms with E-state index < -0.39 is 0 Å². The highest BCUT2D eigenvalue weighted by Crippen LogP contribution is 2.33. The van der Waals surface area contributed by atoms with Crippen molar-refractivity contribution < 1.29 is 14.6 Å². The van der Waals surface area contributed by atoms with Crippen LogP contribution in [0, 0.1) is 0 Å². The van der Waals surface area contributed by atoms with Crippen LogP contribution in [0.15, 0.2) is 59.7 Å². The van der Waals surface area contributed by atoms with Gasteiger partial charge in [-0.25, -0.2) is 4.99 Å². The summed E-state index contributed by atoms with van der Waals surface area (Å²) in [5.41, 5.74) is 8.90. The molecule has 0 radical (unpaired) electrons. The number of aromatic nitrogens is 1. The molecule has 1 saturated carbocycles. The molecule has 190 valence electrons. The van der Waals surface area contributed by atoms with Crippen LogP contribution in [0.25, 0.3) is 0 Å². The van der Waals surface area contributed by atoms with Gasteiger partial charge in [0, 0.05) is 31.4 Å². The van der Waals surface area contributed by atoms with Crippen LogP contribution < -0.4 is 21.1 Å². The van der Waals surface area contributed by atoms with Crippen molar-refractivity contribution in [1.82, 2.24) is 9.88 Å². The topological polar surface area (TPSA) is 114 Å². The molecule has 1 aliphatic carbocycles. The van der Waals surface area contributed by atoms with Crippen molar-refractivity contribution in [3.8, 4) is 11.5 Å². The zero-order valence-electron chi connectivity index (χ0n) is 20.3. The van der Waals surface area contributed by atoms with Crippen molar-refractivity contribution in [2.24, 2.45) is 10.7 Å². The number of ether oxygens (including phenoxy) is 1. The third kappa shape index (κ3) is 6.19. The number of aliphatic hydroxyl groups is 1. The lowest BCUT2D eigenvalue weighted by molar-refractivity contribution is 0.0927. The van der Waals surface area contributed by atoms with E-state index in [1.165, 1.54) is 6.42 Å². The number of hydrogen-bond donors (Lipinski definition) is 4. The maximum absolute atomic E-state index is 12.7. The Kier molecular flexibility index (Phi) is 8.51. The zero-order valence-corrected chi connectivity index (χ0v) is 21.1. The first kappa shape index (κ1) is 25.6.